The monoisotopic (exact) mass is 377 g/mol. The zero-order valence-electron chi connectivity index (χ0n) is 15.5. The van der Waals surface area contributed by atoms with Gasteiger partial charge in [0.05, 0.1) is 19.3 Å². The molecule has 0 bridgehead atoms. The topological polar surface area (TPSA) is 38.9 Å². The van der Waals surface area contributed by atoms with Gasteiger partial charge in [-0.2, -0.15) is 5.10 Å². The molecule has 0 amide bonds. The van der Waals surface area contributed by atoms with Crippen LogP contribution in [0.15, 0.2) is 70.1 Å². The molecule has 5 heteroatoms. The molecule has 1 aliphatic carbocycles. The summed E-state index contributed by atoms with van der Waals surface area (Å²) in [6, 6.07) is 18.5. The van der Waals surface area contributed by atoms with Gasteiger partial charge < -0.3 is 4.74 Å². The van der Waals surface area contributed by atoms with E-state index in [2.05, 4.69) is 41.8 Å². The lowest BCUT2D eigenvalue weighted by atomic mass is 10.2. The van der Waals surface area contributed by atoms with E-state index in [0.29, 0.717) is 6.54 Å². The fourth-order valence-electron chi connectivity index (χ4n) is 3.23. The van der Waals surface area contributed by atoms with Crippen molar-refractivity contribution in [1.82, 2.24) is 4.68 Å². The summed E-state index contributed by atoms with van der Waals surface area (Å²) in [5.41, 5.74) is 4.67. The van der Waals surface area contributed by atoms with Crippen LogP contribution in [0, 0.1) is 0 Å². The van der Waals surface area contributed by atoms with E-state index in [1.165, 1.54) is 24.1 Å². The van der Waals surface area contributed by atoms with E-state index in [9.17, 15) is 0 Å². The summed E-state index contributed by atoms with van der Waals surface area (Å²) in [6.45, 7) is 0.661. The van der Waals surface area contributed by atoms with Crippen molar-refractivity contribution in [3.63, 3.8) is 0 Å². The van der Waals surface area contributed by atoms with Crippen molar-refractivity contribution in [3.8, 4) is 17.0 Å². The van der Waals surface area contributed by atoms with Crippen LogP contribution in [0.3, 0.4) is 0 Å². The van der Waals surface area contributed by atoms with E-state index in [1.807, 2.05) is 22.9 Å². The average Bonchev–Trinajstić information content (AvgIpc) is 3.38. The van der Waals surface area contributed by atoms with Crippen molar-refractivity contribution in [1.29, 1.82) is 0 Å². The zero-order valence-corrected chi connectivity index (χ0v) is 16.3. The third-order valence-corrected chi connectivity index (χ3v) is 5.59. The molecule has 0 aliphatic heterocycles. The summed E-state index contributed by atoms with van der Waals surface area (Å²) < 4.78 is 7.31. The van der Waals surface area contributed by atoms with E-state index in [0.717, 1.165) is 34.6 Å². The lowest BCUT2D eigenvalue weighted by Crippen LogP contribution is -2.14. The molecule has 1 heterocycles. The molecule has 1 aliphatic rings. The minimum absolute atomic E-state index is 0.661. The second kappa shape index (κ2) is 8.35. The smallest absolute Gasteiger partial charge is 0.206 e. The van der Waals surface area contributed by atoms with E-state index in [1.54, 1.807) is 18.4 Å². The Morgan fingerprint density at radius 3 is 2.44 bits per heavy atom. The molecule has 4 nitrogen and oxygen atoms in total. The highest BCUT2D eigenvalue weighted by molar-refractivity contribution is 7.07. The third kappa shape index (κ3) is 4.19. The van der Waals surface area contributed by atoms with Crippen LogP contribution in [-0.2, 0) is 6.54 Å². The number of hydrogen-bond donors (Lipinski definition) is 0. The first-order valence-electron chi connectivity index (χ1n) is 9.29. The van der Waals surface area contributed by atoms with Crippen molar-refractivity contribution in [3.05, 3.63) is 70.3 Å². The Morgan fingerprint density at radius 2 is 1.74 bits per heavy atom. The van der Waals surface area contributed by atoms with E-state index < -0.39 is 0 Å². The summed E-state index contributed by atoms with van der Waals surface area (Å²) in [7, 11) is 1.69. The summed E-state index contributed by atoms with van der Waals surface area (Å²) in [5, 5.41) is 7.11. The number of nitrogens with zero attached hydrogens (tertiary/aromatic N) is 3. The van der Waals surface area contributed by atoms with Gasteiger partial charge in [-0.05, 0) is 55.5 Å². The van der Waals surface area contributed by atoms with Gasteiger partial charge in [0.15, 0.2) is 0 Å². The Balaban J connectivity index is 1.74. The Hall–Kier alpha value is -2.66. The molecule has 0 atom stereocenters. The average molecular weight is 378 g/mol. The van der Waals surface area contributed by atoms with Crippen LogP contribution >= 0.6 is 11.3 Å². The first-order chi connectivity index (χ1) is 13.3. The first kappa shape index (κ1) is 17.7. The Kier molecular flexibility index (Phi) is 5.49. The fraction of sp³-hybridized carbons (Fsp3) is 0.273. The molecule has 0 unspecified atom stereocenters. The maximum atomic E-state index is 5.29. The number of aromatic nitrogens is 1. The van der Waals surface area contributed by atoms with Crippen LogP contribution in [0.5, 0.6) is 5.75 Å². The summed E-state index contributed by atoms with van der Waals surface area (Å²) in [4.78, 5) is 5.78. The standard InChI is InChI=1S/C22H23N3OS/c1-26-20-13-11-18(12-14-20)21-16-27-22(23-15-17-7-3-2-4-8-17)25(21)24-19-9-5-6-10-19/h2-4,7-8,11-14,16H,5-6,9-10,15H2,1H3. The van der Waals surface area contributed by atoms with Gasteiger partial charge in [0.2, 0.25) is 4.80 Å². The van der Waals surface area contributed by atoms with Crippen LogP contribution in [0.25, 0.3) is 11.3 Å². The maximum Gasteiger partial charge on any atom is 0.206 e. The molecule has 1 aromatic heterocycles. The van der Waals surface area contributed by atoms with Gasteiger partial charge in [-0.3, -0.25) is 4.99 Å². The molecule has 1 fully saturated rings. The van der Waals surface area contributed by atoms with Gasteiger partial charge >= 0.3 is 0 Å². The van der Waals surface area contributed by atoms with Gasteiger partial charge in [-0.1, -0.05) is 30.3 Å². The molecule has 2 aromatic carbocycles. The number of methoxy groups -OCH3 is 1. The van der Waals surface area contributed by atoms with Crippen LogP contribution in [0.4, 0.5) is 0 Å². The number of rotatable bonds is 5. The molecule has 0 radical (unpaired) electrons. The van der Waals surface area contributed by atoms with Gasteiger partial charge in [0, 0.05) is 16.7 Å². The highest BCUT2D eigenvalue weighted by Crippen LogP contribution is 2.24. The van der Waals surface area contributed by atoms with E-state index in [4.69, 9.17) is 14.8 Å². The molecule has 0 N–H and O–H groups in total. The second-order valence-electron chi connectivity index (χ2n) is 6.62. The molecular formula is C22H23N3OS. The highest BCUT2D eigenvalue weighted by atomic mass is 32.1. The van der Waals surface area contributed by atoms with Crippen molar-refractivity contribution in [2.24, 2.45) is 10.1 Å². The second-order valence-corrected chi connectivity index (χ2v) is 7.46. The zero-order chi connectivity index (χ0) is 18.5. The minimum Gasteiger partial charge on any atom is -0.497 e. The predicted molar refractivity (Wildman–Crippen MR) is 111 cm³/mol. The first-order valence-corrected chi connectivity index (χ1v) is 10.2. The third-order valence-electron chi connectivity index (χ3n) is 4.73. The van der Waals surface area contributed by atoms with Crippen LogP contribution in [0.2, 0.25) is 0 Å². The maximum absolute atomic E-state index is 5.29. The van der Waals surface area contributed by atoms with Gasteiger partial charge in [0.1, 0.15) is 5.75 Å². The molecule has 27 heavy (non-hydrogen) atoms. The lowest BCUT2D eigenvalue weighted by molar-refractivity contribution is 0.415. The summed E-state index contributed by atoms with van der Waals surface area (Å²) >= 11 is 1.64. The molecule has 1 saturated carbocycles. The number of hydrogen-bond acceptors (Lipinski definition) is 4. The molecule has 4 rings (SSSR count). The van der Waals surface area contributed by atoms with Crippen molar-refractivity contribution < 1.29 is 4.74 Å². The SMILES string of the molecule is COc1ccc(-c2csc(=NCc3ccccc3)n2N=C2CCCC2)cc1. The largest absolute Gasteiger partial charge is 0.497 e. The number of thiazole rings is 1. The predicted octanol–water partition coefficient (Wildman–Crippen LogP) is 5.10. The normalized spacial score (nSPS) is 14.6. The quantitative estimate of drug-likeness (QED) is 0.609. The molecule has 0 saturated heterocycles. The fourth-order valence-corrected chi connectivity index (χ4v) is 4.06. The molecular weight excluding hydrogens is 354 g/mol. The minimum atomic E-state index is 0.661. The lowest BCUT2D eigenvalue weighted by Gasteiger charge is -2.06. The summed E-state index contributed by atoms with van der Waals surface area (Å²) in [6.07, 6.45) is 4.64. The highest BCUT2D eigenvalue weighted by Gasteiger charge is 2.12. The Labute approximate surface area is 163 Å². The molecule has 3 aromatic rings. The van der Waals surface area contributed by atoms with Gasteiger partial charge in [0.25, 0.3) is 0 Å². The number of benzene rings is 2. The van der Waals surface area contributed by atoms with Gasteiger partial charge in [-0.15, -0.1) is 11.3 Å². The van der Waals surface area contributed by atoms with Crippen LogP contribution in [-0.4, -0.2) is 17.5 Å². The van der Waals surface area contributed by atoms with Crippen LogP contribution in [0.1, 0.15) is 31.2 Å². The van der Waals surface area contributed by atoms with Crippen molar-refractivity contribution in [2.45, 2.75) is 32.2 Å². The summed E-state index contributed by atoms with van der Waals surface area (Å²) in [5.74, 6) is 0.858. The molecule has 138 valence electrons. The van der Waals surface area contributed by atoms with Gasteiger partial charge in [-0.25, -0.2) is 4.68 Å². The van der Waals surface area contributed by atoms with Crippen molar-refractivity contribution in [2.75, 3.05) is 7.11 Å². The van der Waals surface area contributed by atoms with Crippen molar-refractivity contribution >= 4 is 17.0 Å². The van der Waals surface area contributed by atoms with Crippen LogP contribution < -0.4 is 9.54 Å². The van der Waals surface area contributed by atoms with E-state index >= 15 is 0 Å². The number of ether oxygens (including phenoxy) is 1. The van der Waals surface area contributed by atoms with E-state index in [-0.39, 0.29) is 0 Å². The molecule has 0 spiro atoms. The Bertz CT molecular complexity index is 976. The Morgan fingerprint density at radius 1 is 1.00 bits per heavy atom.